The van der Waals surface area contributed by atoms with Crippen molar-refractivity contribution in [1.82, 2.24) is 9.88 Å². The molecule has 3 N–H and O–H groups in total. The van der Waals surface area contributed by atoms with Crippen molar-refractivity contribution in [2.75, 3.05) is 23.8 Å². The Morgan fingerprint density at radius 1 is 0.932 bits per heavy atom. The molecular weight excluding hydrogens is 556 g/mol. The summed E-state index contributed by atoms with van der Waals surface area (Å²) in [5.41, 5.74) is 3.41. The summed E-state index contributed by atoms with van der Waals surface area (Å²) in [4.78, 5) is 43.4. The van der Waals surface area contributed by atoms with E-state index in [2.05, 4.69) is 27.8 Å². The number of aliphatic carboxylic acids is 1. The Balaban J connectivity index is 1.14. The third-order valence-corrected chi connectivity index (χ3v) is 7.65. The van der Waals surface area contributed by atoms with Crippen LogP contribution in [0.25, 0.3) is 0 Å². The number of anilines is 2. The van der Waals surface area contributed by atoms with Gasteiger partial charge in [0.05, 0.1) is 18.4 Å². The number of nitrogens with zero attached hydrogens (tertiary/aromatic N) is 2. The Morgan fingerprint density at radius 3 is 2.34 bits per heavy atom. The van der Waals surface area contributed by atoms with Crippen LogP contribution in [0.3, 0.4) is 0 Å². The van der Waals surface area contributed by atoms with Crippen LogP contribution < -0.4 is 15.4 Å². The van der Waals surface area contributed by atoms with E-state index < -0.39 is 11.9 Å². The number of benzene rings is 3. The van der Waals surface area contributed by atoms with Crippen LogP contribution in [0.2, 0.25) is 0 Å². The first-order chi connectivity index (χ1) is 21.4. The van der Waals surface area contributed by atoms with Gasteiger partial charge < -0.3 is 25.4 Å². The summed E-state index contributed by atoms with van der Waals surface area (Å²) < 4.78 is 6.03. The maximum absolute atomic E-state index is 13.1. The number of amides is 2. The number of carbonyl (C=O) groups is 3. The fraction of sp³-hybridized carbons (Fsp3) is 0.257. The standard InChI is InChI=1S/C35H36N4O5/c40-33(41)21-28-20-30(39(35(28)43)19-7-12-25-8-3-1-4-9-25)24-44-31-15-13-27(14-16-31)34(42)38-29-17-18-36-32(22-29)37-23-26-10-5-2-6-11-26/h1-6,8-11,13-18,22,28,30H,7,12,19-21,23-24H2,(H,40,41)(H2,36,37,38,42)/t28-,30-/m0/s1. The second-order valence-corrected chi connectivity index (χ2v) is 10.9. The van der Waals surface area contributed by atoms with Gasteiger partial charge in [-0.15, -0.1) is 0 Å². The molecule has 0 saturated carbocycles. The van der Waals surface area contributed by atoms with Crippen LogP contribution in [-0.2, 0) is 22.6 Å². The Labute approximate surface area is 256 Å². The number of carboxylic acids is 1. The fourth-order valence-electron chi connectivity index (χ4n) is 5.39. The second kappa shape index (κ2) is 14.8. The first-order valence-corrected chi connectivity index (χ1v) is 14.8. The van der Waals surface area contributed by atoms with Crippen LogP contribution in [0, 0.1) is 5.92 Å². The van der Waals surface area contributed by atoms with E-state index in [1.165, 1.54) is 5.56 Å². The summed E-state index contributed by atoms with van der Waals surface area (Å²) in [5, 5.41) is 15.5. The summed E-state index contributed by atoms with van der Waals surface area (Å²) in [6.45, 7) is 1.40. The zero-order chi connectivity index (χ0) is 30.7. The lowest BCUT2D eigenvalue weighted by atomic mass is 10.0. The molecule has 1 fully saturated rings. The largest absolute Gasteiger partial charge is 0.491 e. The van der Waals surface area contributed by atoms with Gasteiger partial charge in [-0.05, 0) is 60.7 Å². The molecule has 3 aromatic carbocycles. The highest BCUT2D eigenvalue weighted by Gasteiger charge is 2.40. The molecule has 1 aliphatic rings. The van der Waals surface area contributed by atoms with Gasteiger partial charge in [0.1, 0.15) is 18.2 Å². The van der Waals surface area contributed by atoms with Crippen molar-refractivity contribution in [3.63, 3.8) is 0 Å². The normalized spacial score (nSPS) is 16.0. The fourth-order valence-corrected chi connectivity index (χ4v) is 5.39. The number of hydrogen-bond acceptors (Lipinski definition) is 6. The van der Waals surface area contributed by atoms with E-state index >= 15 is 0 Å². The SMILES string of the molecule is O=C(O)C[C@@H]1C[C@@H](COc2ccc(C(=O)Nc3ccnc(NCc4ccccc4)c3)cc2)N(CCCc2ccccc2)C1=O. The molecule has 226 valence electrons. The number of ether oxygens (including phenoxy) is 1. The van der Waals surface area contributed by atoms with Crippen LogP contribution in [-0.4, -0.2) is 52.0 Å². The number of pyridine rings is 1. The number of rotatable bonds is 14. The van der Waals surface area contributed by atoms with Gasteiger partial charge in [-0.25, -0.2) is 4.98 Å². The molecule has 0 spiro atoms. The third kappa shape index (κ3) is 8.44. The molecule has 1 aromatic heterocycles. The maximum Gasteiger partial charge on any atom is 0.304 e. The smallest absolute Gasteiger partial charge is 0.304 e. The number of nitrogens with one attached hydrogen (secondary N) is 2. The highest BCUT2D eigenvalue weighted by Crippen LogP contribution is 2.29. The van der Waals surface area contributed by atoms with Crippen LogP contribution in [0.4, 0.5) is 11.5 Å². The minimum absolute atomic E-state index is 0.129. The van der Waals surface area contributed by atoms with Crippen molar-refractivity contribution in [3.8, 4) is 5.75 Å². The number of carboxylic acid groups (broad SMARTS) is 1. The summed E-state index contributed by atoms with van der Waals surface area (Å²) in [6, 6.07) is 30.2. The van der Waals surface area contributed by atoms with Crippen molar-refractivity contribution in [1.29, 1.82) is 0 Å². The van der Waals surface area contributed by atoms with Crippen molar-refractivity contribution >= 4 is 29.3 Å². The maximum atomic E-state index is 13.1. The van der Waals surface area contributed by atoms with Crippen LogP contribution >= 0.6 is 0 Å². The van der Waals surface area contributed by atoms with E-state index in [1.54, 1.807) is 47.5 Å². The van der Waals surface area contributed by atoms with Gasteiger partial charge in [0.25, 0.3) is 5.91 Å². The Morgan fingerprint density at radius 2 is 1.64 bits per heavy atom. The summed E-state index contributed by atoms with van der Waals surface area (Å²) in [5.74, 6) is -0.702. The van der Waals surface area contributed by atoms with Gasteiger partial charge in [0.15, 0.2) is 0 Å². The Bertz CT molecular complexity index is 1550. The molecule has 0 radical (unpaired) electrons. The van der Waals surface area contributed by atoms with E-state index in [4.69, 9.17) is 4.74 Å². The minimum atomic E-state index is -0.977. The molecule has 5 rings (SSSR count). The molecule has 0 aliphatic carbocycles. The van der Waals surface area contributed by atoms with E-state index in [9.17, 15) is 19.5 Å². The molecule has 0 unspecified atom stereocenters. The zero-order valence-corrected chi connectivity index (χ0v) is 24.4. The molecule has 2 amide bonds. The van der Waals surface area contributed by atoms with Crippen LogP contribution in [0.15, 0.2) is 103 Å². The van der Waals surface area contributed by atoms with Gasteiger partial charge in [-0.2, -0.15) is 0 Å². The number of carbonyl (C=O) groups excluding carboxylic acids is 2. The molecule has 9 heteroatoms. The topological polar surface area (TPSA) is 121 Å². The van der Waals surface area contributed by atoms with Gasteiger partial charge in [0, 0.05) is 36.6 Å². The lowest BCUT2D eigenvalue weighted by Gasteiger charge is -2.25. The van der Waals surface area contributed by atoms with Gasteiger partial charge in [0.2, 0.25) is 5.91 Å². The first-order valence-electron chi connectivity index (χ1n) is 14.8. The molecule has 4 aromatic rings. The predicted octanol–water partition coefficient (Wildman–Crippen LogP) is 5.65. The summed E-state index contributed by atoms with van der Waals surface area (Å²) in [7, 11) is 0. The molecule has 44 heavy (non-hydrogen) atoms. The summed E-state index contributed by atoms with van der Waals surface area (Å²) in [6.07, 6.45) is 3.50. The van der Waals surface area contributed by atoms with E-state index in [0.717, 1.165) is 18.4 Å². The average Bonchev–Trinajstić information content (AvgIpc) is 3.33. The number of hydrogen-bond donors (Lipinski definition) is 3. The molecule has 0 bridgehead atoms. The second-order valence-electron chi connectivity index (χ2n) is 10.9. The van der Waals surface area contributed by atoms with E-state index in [-0.39, 0.29) is 30.9 Å². The lowest BCUT2D eigenvalue weighted by Crippen LogP contribution is -2.38. The first kappa shape index (κ1) is 30.3. The van der Waals surface area contributed by atoms with Gasteiger partial charge >= 0.3 is 5.97 Å². The Kier molecular flexibility index (Phi) is 10.2. The molecule has 2 heterocycles. The third-order valence-electron chi connectivity index (χ3n) is 7.65. The molecule has 2 atom stereocenters. The van der Waals surface area contributed by atoms with E-state index in [0.29, 0.717) is 42.3 Å². The molecule has 1 saturated heterocycles. The highest BCUT2D eigenvalue weighted by molar-refractivity contribution is 6.04. The quantitative estimate of drug-likeness (QED) is 0.173. The van der Waals surface area contributed by atoms with Gasteiger partial charge in [-0.3, -0.25) is 14.4 Å². The van der Waals surface area contributed by atoms with Crippen molar-refractivity contribution in [2.24, 2.45) is 5.92 Å². The minimum Gasteiger partial charge on any atom is -0.491 e. The predicted molar refractivity (Wildman–Crippen MR) is 169 cm³/mol. The highest BCUT2D eigenvalue weighted by atomic mass is 16.5. The monoisotopic (exact) mass is 592 g/mol. The molecule has 9 nitrogen and oxygen atoms in total. The Hall–Kier alpha value is -5.18. The van der Waals surface area contributed by atoms with Crippen LogP contribution in [0.5, 0.6) is 5.75 Å². The van der Waals surface area contributed by atoms with Crippen LogP contribution in [0.1, 0.15) is 40.7 Å². The number of aryl methyl sites for hydroxylation is 1. The molecular formula is C35H36N4O5. The van der Waals surface area contributed by atoms with Gasteiger partial charge in [-0.1, -0.05) is 60.7 Å². The number of likely N-dealkylation sites (tertiary alicyclic amines) is 1. The van der Waals surface area contributed by atoms with E-state index in [1.807, 2.05) is 48.5 Å². The van der Waals surface area contributed by atoms with Crippen molar-refractivity contribution in [3.05, 3.63) is 120 Å². The summed E-state index contributed by atoms with van der Waals surface area (Å²) >= 11 is 0. The molecule has 1 aliphatic heterocycles. The van der Waals surface area contributed by atoms with Crippen molar-refractivity contribution in [2.45, 2.75) is 38.3 Å². The average molecular weight is 593 g/mol. The number of aromatic nitrogens is 1. The lowest BCUT2D eigenvalue weighted by molar-refractivity contribution is -0.142. The van der Waals surface area contributed by atoms with Crippen molar-refractivity contribution < 1.29 is 24.2 Å². The zero-order valence-electron chi connectivity index (χ0n) is 24.4.